The van der Waals surface area contributed by atoms with Crippen LogP contribution >= 0.6 is 11.6 Å². The minimum atomic E-state index is -0.475. The van der Waals surface area contributed by atoms with Crippen LogP contribution in [0.25, 0.3) is 33.4 Å². The molecule has 0 N–H and O–H groups in total. The highest BCUT2D eigenvalue weighted by atomic mass is 35.5. The van der Waals surface area contributed by atoms with E-state index in [1.165, 1.54) is 33.4 Å². The Morgan fingerprint density at radius 1 is 0.368 bits per heavy atom. The number of halogens is 1. The molecule has 6 aromatic rings. The summed E-state index contributed by atoms with van der Waals surface area (Å²) < 4.78 is 0. The molecule has 1 heteroatoms. The molecule has 0 heterocycles. The van der Waals surface area contributed by atoms with Gasteiger partial charge in [-0.2, -0.15) is 0 Å². The van der Waals surface area contributed by atoms with Gasteiger partial charge >= 0.3 is 0 Å². The third-order valence-electron chi connectivity index (χ3n) is 7.85. The lowest BCUT2D eigenvalue weighted by atomic mass is 9.66. The second-order valence-corrected chi connectivity index (χ2v) is 10.2. The van der Waals surface area contributed by atoms with Gasteiger partial charge in [0.05, 0.1) is 10.4 Å². The molecule has 0 aromatic heterocycles. The van der Waals surface area contributed by atoms with Crippen molar-refractivity contribution in [2.45, 2.75) is 5.41 Å². The number of rotatable bonds is 4. The molecule has 7 rings (SSSR count). The van der Waals surface area contributed by atoms with E-state index in [9.17, 15) is 0 Å². The summed E-state index contributed by atoms with van der Waals surface area (Å²) in [5, 5.41) is 0.776. The Balaban J connectivity index is 1.61. The zero-order valence-electron chi connectivity index (χ0n) is 20.8. The molecular formula is C37H25Cl. The maximum absolute atomic E-state index is 7.28. The molecule has 1 aliphatic rings. The van der Waals surface area contributed by atoms with Crippen LogP contribution in [0.15, 0.2) is 152 Å². The van der Waals surface area contributed by atoms with Crippen molar-refractivity contribution in [1.29, 1.82) is 0 Å². The summed E-state index contributed by atoms with van der Waals surface area (Å²) in [5.41, 5.74) is 11.5. The molecule has 0 aliphatic heterocycles. The van der Waals surface area contributed by atoms with Crippen LogP contribution in [0.5, 0.6) is 0 Å². The van der Waals surface area contributed by atoms with Crippen LogP contribution in [0.1, 0.15) is 22.3 Å². The van der Waals surface area contributed by atoms with Crippen LogP contribution in [0.2, 0.25) is 5.02 Å². The van der Waals surface area contributed by atoms with Gasteiger partial charge in [-0.05, 0) is 44.5 Å². The summed E-state index contributed by atoms with van der Waals surface area (Å²) in [7, 11) is 0. The van der Waals surface area contributed by atoms with Crippen molar-refractivity contribution in [2.24, 2.45) is 0 Å². The Labute approximate surface area is 228 Å². The predicted molar refractivity (Wildman–Crippen MR) is 160 cm³/mol. The van der Waals surface area contributed by atoms with E-state index in [1.54, 1.807) is 0 Å². The van der Waals surface area contributed by atoms with Crippen LogP contribution in [-0.2, 0) is 5.41 Å². The fraction of sp³-hybridized carbons (Fsp3) is 0.0270. The van der Waals surface area contributed by atoms with Crippen LogP contribution in [-0.4, -0.2) is 0 Å². The fourth-order valence-electron chi connectivity index (χ4n) is 6.31. The van der Waals surface area contributed by atoms with Crippen molar-refractivity contribution in [3.05, 3.63) is 179 Å². The molecule has 0 atom stereocenters. The zero-order chi connectivity index (χ0) is 25.5. The lowest BCUT2D eigenvalue weighted by Gasteiger charge is -2.35. The minimum Gasteiger partial charge on any atom is -0.0830 e. The predicted octanol–water partition coefficient (Wildman–Crippen LogP) is 10.0. The Kier molecular flexibility index (Phi) is 5.50. The smallest absolute Gasteiger partial charge is 0.0719 e. The first-order chi connectivity index (χ1) is 18.8. The normalized spacial score (nSPS) is 13.1. The summed E-state index contributed by atoms with van der Waals surface area (Å²) in [6, 6.07) is 54.1. The van der Waals surface area contributed by atoms with Gasteiger partial charge in [0, 0.05) is 11.1 Å². The summed E-state index contributed by atoms with van der Waals surface area (Å²) in [6.45, 7) is 0. The van der Waals surface area contributed by atoms with E-state index < -0.39 is 5.41 Å². The first-order valence-electron chi connectivity index (χ1n) is 13.0. The number of benzene rings is 6. The highest BCUT2D eigenvalue weighted by molar-refractivity contribution is 6.36. The molecule has 1 aliphatic carbocycles. The summed E-state index contributed by atoms with van der Waals surface area (Å²) in [5.74, 6) is 0. The van der Waals surface area contributed by atoms with Crippen LogP contribution in [0.3, 0.4) is 0 Å². The molecule has 0 amide bonds. The molecule has 0 fully saturated rings. The van der Waals surface area contributed by atoms with E-state index in [2.05, 4.69) is 146 Å². The van der Waals surface area contributed by atoms with E-state index in [-0.39, 0.29) is 0 Å². The van der Waals surface area contributed by atoms with Gasteiger partial charge in [-0.25, -0.2) is 0 Å². The molecular weight excluding hydrogens is 480 g/mol. The van der Waals surface area contributed by atoms with E-state index in [1.807, 2.05) is 6.07 Å². The lowest BCUT2D eigenvalue weighted by Crippen LogP contribution is -2.29. The number of fused-ring (bicyclic) bond motifs is 3. The highest BCUT2D eigenvalue weighted by Crippen LogP contribution is 2.59. The number of hydrogen-bond acceptors (Lipinski definition) is 0. The summed E-state index contributed by atoms with van der Waals surface area (Å²) in [4.78, 5) is 0. The van der Waals surface area contributed by atoms with Gasteiger partial charge < -0.3 is 0 Å². The Morgan fingerprint density at radius 2 is 0.816 bits per heavy atom. The summed E-state index contributed by atoms with van der Waals surface area (Å²) in [6.07, 6.45) is 0. The van der Waals surface area contributed by atoms with E-state index in [0.29, 0.717) is 0 Å². The van der Waals surface area contributed by atoms with E-state index in [0.717, 1.165) is 27.3 Å². The molecule has 0 nitrogen and oxygen atoms in total. The van der Waals surface area contributed by atoms with Crippen molar-refractivity contribution < 1.29 is 0 Å². The second-order valence-electron chi connectivity index (χ2n) is 9.79. The van der Waals surface area contributed by atoms with Crippen LogP contribution < -0.4 is 0 Å². The molecule has 0 radical (unpaired) electrons. The van der Waals surface area contributed by atoms with Gasteiger partial charge in [0.1, 0.15) is 0 Å². The van der Waals surface area contributed by atoms with Crippen molar-refractivity contribution in [3.63, 3.8) is 0 Å². The van der Waals surface area contributed by atoms with Crippen LogP contribution in [0, 0.1) is 0 Å². The molecule has 0 unspecified atom stereocenters. The third-order valence-corrected chi connectivity index (χ3v) is 8.26. The van der Waals surface area contributed by atoms with Crippen LogP contribution in [0.4, 0.5) is 0 Å². The van der Waals surface area contributed by atoms with Crippen molar-refractivity contribution in [2.75, 3.05) is 0 Å². The molecule has 38 heavy (non-hydrogen) atoms. The molecule has 0 saturated heterocycles. The standard InChI is InChI=1S/C37H25Cl/c38-36-29(26-14-4-1-5-15-26)21-12-24-33(36)32-23-13-22-31-30-20-10-11-25-34(30)37(35(31)32,27-16-6-2-7-17-27)28-18-8-3-9-19-28/h1-25H. The Bertz CT molecular complexity index is 1710. The van der Waals surface area contributed by atoms with Gasteiger partial charge in [-0.1, -0.05) is 163 Å². The Morgan fingerprint density at radius 3 is 1.45 bits per heavy atom. The van der Waals surface area contributed by atoms with Gasteiger partial charge in [0.25, 0.3) is 0 Å². The highest BCUT2D eigenvalue weighted by Gasteiger charge is 2.47. The van der Waals surface area contributed by atoms with Gasteiger partial charge in [0.15, 0.2) is 0 Å². The van der Waals surface area contributed by atoms with Gasteiger partial charge in [-0.3, -0.25) is 0 Å². The average Bonchev–Trinajstić information content (AvgIpc) is 3.30. The number of hydrogen-bond donors (Lipinski definition) is 0. The maximum Gasteiger partial charge on any atom is 0.0719 e. The van der Waals surface area contributed by atoms with Gasteiger partial charge in [-0.15, -0.1) is 0 Å². The summed E-state index contributed by atoms with van der Waals surface area (Å²) >= 11 is 7.28. The molecule has 0 spiro atoms. The first kappa shape index (κ1) is 22.8. The van der Waals surface area contributed by atoms with Crippen molar-refractivity contribution in [1.82, 2.24) is 0 Å². The quantitative estimate of drug-likeness (QED) is 0.223. The minimum absolute atomic E-state index is 0.475. The van der Waals surface area contributed by atoms with E-state index >= 15 is 0 Å². The lowest BCUT2D eigenvalue weighted by molar-refractivity contribution is 0.770. The monoisotopic (exact) mass is 504 g/mol. The molecule has 6 aromatic carbocycles. The van der Waals surface area contributed by atoms with E-state index in [4.69, 9.17) is 11.6 Å². The fourth-order valence-corrected chi connectivity index (χ4v) is 6.65. The third kappa shape index (κ3) is 3.31. The Hall–Kier alpha value is -4.39. The first-order valence-corrected chi connectivity index (χ1v) is 13.4. The molecule has 0 bridgehead atoms. The zero-order valence-corrected chi connectivity index (χ0v) is 21.6. The van der Waals surface area contributed by atoms with Crippen molar-refractivity contribution >= 4 is 11.6 Å². The van der Waals surface area contributed by atoms with Gasteiger partial charge in [0.2, 0.25) is 0 Å². The largest absolute Gasteiger partial charge is 0.0830 e. The SMILES string of the molecule is Clc1c(-c2ccccc2)cccc1-c1cccc2c1C(c1ccccc1)(c1ccccc1)c1ccccc1-2. The maximum atomic E-state index is 7.28. The second kappa shape index (κ2) is 9.17. The molecule has 180 valence electrons. The average molecular weight is 505 g/mol. The van der Waals surface area contributed by atoms with Crippen molar-refractivity contribution in [3.8, 4) is 33.4 Å². The topological polar surface area (TPSA) is 0 Å². The molecule has 0 saturated carbocycles.